The van der Waals surface area contributed by atoms with Crippen molar-refractivity contribution in [1.82, 2.24) is 4.90 Å². The first-order chi connectivity index (χ1) is 12.3. The minimum absolute atomic E-state index is 0.106. The molecule has 0 spiro atoms. The molecule has 2 aromatic carbocycles. The van der Waals surface area contributed by atoms with Gasteiger partial charge in [0.15, 0.2) is 0 Å². The van der Waals surface area contributed by atoms with Gasteiger partial charge in [-0.2, -0.15) is 0 Å². The molecule has 0 aliphatic carbocycles. The molecule has 3 rings (SSSR count). The van der Waals surface area contributed by atoms with Crippen LogP contribution in [0.25, 0.3) is 0 Å². The maximum Gasteiger partial charge on any atom is 0.314 e. The van der Waals surface area contributed by atoms with E-state index in [1.165, 1.54) is 5.56 Å². The van der Waals surface area contributed by atoms with Gasteiger partial charge >= 0.3 is 5.97 Å². The molecule has 3 nitrogen and oxygen atoms in total. The lowest BCUT2D eigenvalue weighted by molar-refractivity contribution is -0.143. The van der Waals surface area contributed by atoms with Crippen molar-refractivity contribution in [2.75, 3.05) is 13.1 Å². The second kappa shape index (κ2) is 7.72. The van der Waals surface area contributed by atoms with Crippen LogP contribution in [0.5, 0.6) is 5.75 Å². The minimum Gasteiger partial charge on any atom is -0.426 e. The van der Waals surface area contributed by atoms with Crippen molar-refractivity contribution in [2.45, 2.75) is 19.9 Å². The molecular formula is C20H20ClF2NO2. The quantitative estimate of drug-likeness (QED) is 0.549. The third-order valence-electron chi connectivity index (χ3n) is 4.97. The summed E-state index contributed by atoms with van der Waals surface area (Å²) in [6, 6.07) is 10.7. The van der Waals surface area contributed by atoms with E-state index in [2.05, 4.69) is 11.8 Å². The van der Waals surface area contributed by atoms with Gasteiger partial charge in [-0.05, 0) is 30.5 Å². The van der Waals surface area contributed by atoms with Crippen molar-refractivity contribution in [3.8, 4) is 5.75 Å². The zero-order valence-corrected chi connectivity index (χ0v) is 15.3. The third-order valence-corrected chi connectivity index (χ3v) is 5.22. The molecule has 6 heteroatoms. The second-order valence-corrected chi connectivity index (χ2v) is 7.19. The van der Waals surface area contributed by atoms with E-state index in [9.17, 15) is 13.6 Å². The molecule has 2 unspecified atom stereocenters. The molecule has 0 saturated carbocycles. The Kier molecular flexibility index (Phi) is 5.58. The number of carbonyl (C=O) groups excluding carboxylic acids is 1. The molecule has 2 atom stereocenters. The summed E-state index contributed by atoms with van der Waals surface area (Å²) in [6.45, 7) is 5.42. The average molecular weight is 380 g/mol. The van der Waals surface area contributed by atoms with Gasteiger partial charge in [0.25, 0.3) is 0 Å². The zero-order valence-electron chi connectivity index (χ0n) is 14.6. The van der Waals surface area contributed by atoms with Crippen LogP contribution in [0.3, 0.4) is 0 Å². The summed E-state index contributed by atoms with van der Waals surface area (Å²) < 4.78 is 31.5. The molecule has 1 aliphatic heterocycles. The van der Waals surface area contributed by atoms with E-state index in [1.54, 1.807) is 6.92 Å². The standard InChI is InChI=1S/C20H20ClF2NO2/c1-12(20(25)26-19-8-17(22)7-18(23)9-19)15-10-24(11-15)13(2)14-3-5-16(21)6-4-14/h3-9,12-13,15H,10-11H2,1-2H3. The molecule has 0 aromatic heterocycles. The zero-order chi connectivity index (χ0) is 18.8. The summed E-state index contributed by atoms with van der Waals surface area (Å²) in [5.41, 5.74) is 1.17. The topological polar surface area (TPSA) is 29.5 Å². The Morgan fingerprint density at radius 1 is 1.12 bits per heavy atom. The minimum atomic E-state index is -0.771. The Labute approximate surface area is 156 Å². The Morgan fingerprint density at radius 3 is 2.27 bits per heavy atom. The molecule has 1 saturated heterocycles. The van der Waals surface area contributed by atoms with E-state index in [0.717, 1.165) is 31.3 Å². The van der Waals surface area contributed by atoms with E-state index >= 15 is 0 Å². The Balaban J connectivity index is 1.54. The van der Waals surface area contributed by atoms with Gasteiger partial charge in [0, 0.05) is 42.4 Å². The molecule has 2 aromatic rings. The molecule has 1 fully saturated rings. The SMILES string of the molecule is CC(C(=O)Oc1cc(F)cc(F)c1)C1CN(C(C)c2ccc(Cl)cc2)C1. The number of likely N-dealkylation sites (tertiary alicyclic amines) is 1. The van der Waals surface area contributed by atoms with Crippen LogP contribution >= 0.6 is 11.6 Å². The van der Waals surface area contributed by atoms with Crippen LogP contribution in [0.2, 0.25) is 5.02 Å². The van der Waals surface area contributed by atoms with Gasteiger partial charge in [0.2, 0.25) is 0 Å². The van der Waals surface area contributed by atoms with Gasteiger partial charge in [0.05, 0.1) is 5.92 Å². The van der Waals surface area contributed by atoms with Gasteiger partial charge in [-0.3, -0.25) is 9.69 Å². The second-order valence-electron chi connectivity index (χ2n) is 6.76. The van der Waals surface area contributed by atoms with Crippen LogP contribution in [0.1, 0.15) is 25.5 Å². The number of benzene rings is 2. The summed E-state index contributed by atoms with van der Waals surface area (Å²) in [4.78, 5) is 14.5. The van der Waals surface area contributed by atoms with Crippen LogP contribution in [-0.2, 0) is 4.79 Å². The first-order valence-electron chi connectivity index (χ1n) is 8.51. The Hall–Kier alpha value is -1.98. The summed E-state index contributed by atoms with van der Waals surface area (Å²) in [5, 5.41) is 0.701. The summed E-state index contributed by atoms with van der Waals surface area (Å²) in [7, 11) is 0. The summed E-state index contributed by atoms with van der Waals surface area (Å²) in [6.07, 6.45) is 0. The molecule has 0 bridgehead atoms. The van der Waals surface area contributed by atoms with Gasteiger partial charge < -0.3 is 4.74 Å². The van der Waals surface area contributed by atoms with Crippen molar-refractivity contribution in [1.29, 1.82) is 0 Å². The highest BCUT2D eigenvalue weighted by Crippen LogP contribution is 2.33. The predicted molar refractivity (Wildman–Crippen MR) is 96.1 cm³/mol. The van der Waals surface area contributed by atoms with Crippen molar-refractivity contribution >= 4 is 17.6 Å². The van der Waals surface area contributed by atoms with Gasteiger partial charge in [-0.25, -0.2) is 8.78 Å². The van der Waals surface area contributed by atoms with Crippen molar-refractivity contribution < 1.29 is 18.3 Å². The van der Waals surface area contributed by atoms with E-state index in [0.29, 0.717) is 5.02 Å². The van der Waals surface area contributed by atoms with Gasteiger partial charge in [-0.1, -0.05) is 30.7 Å². The van der Waals surface area contributed by atoms with Crippen LogP contribution in [-0.4, -0.2) is 24.0 Å². The number of nitrogens with zero attached hydrogens (tertiary/aromatic N) is 1. The molecule has 138 valence electrons. The largest absolute Gasteiger partial charge is 0.426 e. The number of carbonyl (C=O) groups is 1. The lowest BCUT2D eigenvalue weighted by atomic mass is 9.85. The van der Waals surface area contributed by atoms with Crippen LogP contribution < -0.4 is 4.74 Å². The van der Waals surface area contributed by atoms with Crippen molar-refractivity contribution in [2.24, 2.45) is 11.8 Å². The Bertz CT molecular complexity index is 771. The van der Waals surface area contributed by atoms with Crippen LogP contribution in [0.4, 0.5) is 8.78 Å². The molecule has 26 heavy (non-hydrogen) atoms. The van der Waals surface area contributed by atoms with Crippen LogP contribution in [0, 0.1) is 23.5 Å². The number of ether oxygens (including phenoxy) is 1. The fourth-order valence-electron chi connectivity index (χ4n) is 3.12. The highest BCUT2D eigenvalue weighted by molar-refractivity contribution is 6.30. The highest BCUT2D eigenvalue weighted by atomic mass is 35.5. The normalized spacial score (nSPS) is 17.4. The fraction of sp³-hybridized carbons (Fsp3) is 0.350. The first-order valence-corrected chi connectivity index (χ1v) is 8.88. The van der Waals surface area contributed by atoms with E-state index in [1.807, 2.05) is 24.3 Å². The van der Waals surface area contributed by atoms with Gasteiger partial charge in [-0.15, -0.1) is 0 Å². The smallest absolute Gasteiger partial charge is 0.314 e. The number of esters is 1. The van der Waals surface area contributed by atoms with Crippen LogP contribution in [0.15, 0.2) is 42.5 Å². The number of rotatable bonds is 5. The summed E-state index contributed by atoms with van der Waals surface area (Å²) >= 11 is 5.92. The maximum atomic E-state index is 13.2. The number of hydrogen-bond acceptors (Lipinski definition) is 3. The Morgan fingerprint density at radius 2 is 1.69 bits per heavy atom. The average Bonchev–Trinajstić information content (AvgIpc) is 2.52. The predicted octanol–water partition coefficient (Wildman–Crippen LogP) is 4.85. The number of hydrogen-bond donors (Lipinski definition) is 0. The number of halogens is 3. The summed E-state index contributed by atoms with van der Waals surface area (Å²) in [5.74, 6) is -2.33. The van der Waals surface area contributed by atoms with E-state index < -0.39 is 17.6 Å². The first kappa shape index (κ1) is 18.8. The molecular weight excluding hydrogens is 360 g/mol. The van der Waals surface area contributed by atoms with Gasteiger partial charge in [0.1, 0.15) is 17.4 Å². The van der Waals surface area contributed by atoms with E-state index in [4.69, 9.17) is 16.3 Å². The molecule has 1 aliphatic rings. The molecule has 0 N–H and O–H groups in total. The lowest BCUT2D eigenvalue weighted by Crippen LogP contribution is -2.52. The lowest BCUT2D eigenvalue weighted by Gasteiger charge is -2.45. The van der Waals surface area contributed by atoms with Crippen molar-refractivity contribution in [3.63, 3.8) is 0 Å². The molecule has 0 radical (unpaired) electrons. The third kappa shape index (κ3) is 4.22. The van der Waals surface area contributed by atoms with Crippen molar-refractivity contribution in [3.05, 3.63) is 64.7 Å². The maximum absolute atomic E-state index is 13.2. The molecule has 0 amide bonds. The van der Waals surface area contributed by atoms with E-state index in [-0.39, 0.29) is 23.6 Å². The molecule has 1 heterocycles. The monoisotopic (exact) mass is 379 g/mol. The highest BCUT2D eigenvalue weighted by Gasteiger charge is 2.38. The fourth-order valence-corrected chi connectivity index (χ4v) is 3.25.